The Morgan fingerprint density at radius 3 is 1.27 bits per heavy atom. The Balaban J connectivity index is 1.54. The maximum Gasteiger partial charge on any atom is 0.143 e. The highest BCUT2D eigenvalue weighted by Gasteiger charge is 2.49. The van der Waals surface area contributed by atoms with Crippen LogP contribution < -0.4 is 0 Å². The molecule has 0 amide bonds. The van der Waals surface area contributed by atoms with Crippen molar-refractivity contribution >= 4 is 43.9 Å². The third-order valence-electron chi connectivity index (χ3n) is 8.71. The van der Waals surface area contributed by atoms with Crippen LogP contribution in [0.3, 0.4) is 0 Å². The summed E-state index contributed by atoms with van der Waals surface area (Å²) in [5.41, 5.74) is 7.84. The molecule has 0 unspecified atom stereocenters. The lowest BCUT2D eigenvalue weighted by atomic mass is 9.67. The standard InChI is InChI=1S/C37H20F2O2/c38-23-13-9-21(10-14-23)37(22-11-15-24(39)16-12-22)29-19-17-27-25-5-1-3-7-31(25)40-35(27)33(29)34-30(37)20-18-28-26-6-2-4-8-32(26)41-36(28)34/h1-20H. The van der Waals surface area contributed by atoms with E-state index in [1.54, 1.807) is 0 Å². The Hall–Kier alpha value is -5.22. The first-order valence-electron chi connectivity index (χ1n) is 13.6. The van der Waals surface area contributed by atoms with Crippen molar-refractivity contribution in [2.24, 2.45) is 0 Å². The maximum absolute atomic E-state index is 14.3. The predicted molar refractivity (Wildman–Crippen MR) is 158 cm³/mol. The van der Waals surface area contributed by atoms with Crippen LogP contribution in [0.15, 0.2) is 130 Å². The Morgan fingerprint density at radius 1 is 0.415 bits per heavy atom. The molecule has 4 heteroatoms. The fourth-order valence-electron chi connectivity index (χ4n) is 7.03. The van der Waals surface area contributed by atoms with E-state index in [1.165, 1.54) is 24.3 Å². The van der Waals surface area contributed by atoms with E-state index in [2.05, 4.69) is 36.4 Å². The van der Waals surface area contributed by atoms with Crippen molar-refractivity contribution in [1.82, 2.24) is 0 Å². The van der Waals surface area contributed by atoms with E-state index < -0.39 is 5.41 Å². The molecule has 2 aromatic heterocycles. The zero-order valence-electron chi connectivity index (χ0n) is 21.6. The number of rotatable bonds is 2. The van der Waals surface area contributed by atoms with Crippen molar-refractivity contribution in [3.63, 3.8) is 0 Å². The summed E-state index contributed by atoms with van der Waals surface area (Å²) in [4.78, 5) is 0. The lowest BCUT2D eigenvalue weighted by Crippen LogP contribution is -2.28. The average Bonchev–Trinajstić information content (AvgIpc) is 3.66. The van der Waals surface area contributed by atoms with Gasteiger partial charge in [0.05, 0.1) is 5.41 Å². The van der Waals surface area contributed by atoms with Crippen LogP contribution in [-0.2, 0) is 5.41 Å². The number of fused-ring (bicyclic) bond motifs is 11. The lowest BCUT2D eigenvalue weighted by Gasteiger charge is -2.33. The predicted octanol–water partition coefficient (Wildman–Crippen LogP) is 10.1. The fourth-order valence-corrected chi connectivity index (χ4v) is 7.03. The summed E-state index contributed by atoms with van der Waals surface area (Å²) in [6.45, 7) is 0. The van der Waals surface area contributed by atoms with Crippen LogP contribution in [0.4, 0.5) is 8.78 Å². The molecule has 0 aliphatic heterocycles. The van der Waals surface area contributed by atoms with Crippen LogP contribution in [-0.4, -0.2) is 0 Å². The van der Waals surface area contributed by atoms with Gasteiger partial charge < -0.3 is 8.83 Å². The van der Waals surface area contributed by atoms with Gasteiger partial charge in [-0.3, -0.25) is 0 Å². The van der Waals surface area contributed by atoms with Gasteiger partial charge in [0.15, 0.2) is 0 Å². The van der Waals surface area contributed by atoms with E-state index >= 15 is 0 Å². The molecule has 0 bridgehead atoms. The van der Waals surface area contributed by atoms with Crippen molar-refractivity contribution in [1.29, 1.82) is 0 Å². The molecule has 0 N–H and O–H groups in total. The van der Waals surface area contributed by atoms with Crippen molar-refractivity contribution in [3.8, 4) is 11.1 Å². The number of para-hydroxylation sites is 2. The van der Waals surface area contributed by atoms with Gasteiger partial charge in [-0.05, 0) is 58.7 Å². The van der Waals surface area contributed by atoms with E-state index in [9.17, 15) is 8.78 Å². The third kappa shape index (κ3) is 2.84. The summed E-state index contributed by atoms with van der Waals surface area (Å²) in [5.74, 6) is -0.635. The molecule has 8 aromatic rings. The van der Waals surface area contributed by atoms with E-state index in [4.69, 9.17) is 8.83 Å². The number of hydrogen-bond donors (Lipinski definition) is 0. The molecule has 2 nitrogen and oxygen atoms in total. The summed E-state index contributed by atoms with van der Waals surface area (Å²) in [7, 11) is 0. The fraction of sp³-hybridized carbons (Fsp3) is 0.0270. The van der Waals surface area contributed by atoms with Crippen molar-refractivity contribution < 1.29 is 17.6 Å². The van der Waals surface area contributed by atoms with Crippen LogP contribution in [0.25, 0.3) is 55.0 Å². The number of hydrogen-bond acceptors (Lipinski definition) is 2. The monoisotopic (exact) mass is 534 g/mol. The highest BCUT2D eigenvalue weighted by atomic mass is 19.1. The topological polar surface area (TPSA) is 26.3 Å². The van der Waals surface area contributed by atoms with Crippen LogP contribution in [0.2, 0.25) is 0 Å². The molecule has 9 rings (SSSR count). The Bertz CT molecular complexity index is 2160. The molecule has 1 aliphatic rings. The van der Waals surface area contributed by atoms with Gasteiger partial charge in [-0.2, -0.15) is 0 Å². The zero-order chi connectivity index (χ0) is 27.3. The van der Waals surface area contributed by atoms with E-state index in [0.29, 0.717) is 0 Å². The van der Waals surface area contributed by atoms with Crippen molar-refractivity contribution in [2.45, 2.75) is 5.41 Å². The second-order valence-electron chi connectivity index (χ2n) is 10.7. The normalized spacial score (nSPS) is 13.8. The van der Waals surface area contributed by atoms with Gasteiger partial charge in [-0.25, -0.2) is 8.78 Å². The minimum Gasteiger partial charge on any atom is -0.455 e. The quantitative estimate of drug-likeness (QED) is 0.221. The zero-order valence-corrected chi connectivity index (χ0v) is 21.6. The molecule has 0 fully saturated rings. The minimum absolute atomic E-state index is 0.318. The molecule has 0 saturated heterocycles. The van der Waals surface area contributed by atoms with Gasteiger partial charge in [0.25, 0.3) is 0 Å². The number of furan rings is 2. The molecule has 0 saturated carbocycles. The van der Waals surface area contributed by atoms with E-state index in [1.807, 2.05) is 60.7 Å². The molecule has 2 heterocycles. The van der Waals surface area contributed by atoms with Gasteiger partial charge in [-0.15, -0.1) is 0 Å². The van der Waals surface area contributed by atoms with E-state index in [-0.39, 0.29) is 11.6 Å². The van der Waals surface area contributed by atoms with Crippen LogP contribution in [0.1, 0.15) is 22.3 Å². The minimum atomic E-state index is -0.869. The highest BCUT2D eigenvalue weighted by molar-refractivity contribution is 6.18. The SMILES string of the molecule is Fc1ccc(C2(c3ccc(F)cc3)c3ccc4c(oc5ccccc54)c3-c3c2ccc2c3oc3ccccc32)cc1. The molecular weight excluding hydrogens is 514 g/mol. The molecule has 0 radical (unpaired) electrons. The molecule has 194 valence electrons. The molecular formula is C37H20F2O2. The van der Waals surface area contributed by atoms with Gasteiger partial charge in [0, 0.05) is 32.7 Å². The summed E-state index contributed by atoms with van der Waals surface area (Å²) >= 11 is 0. The van der Waals surface area contributed by atoms with Crippen molar-refractivity contribution in [2.75, 3.05) is 0 Å². The first kappa shape index (κ1) is 22.6. The second kappa shape index (κ2) is 7.92. The van der Waals surface area contributed by atoms with Gasteiger partial charge >= 0.3 is 0 Å². The summed E-state index contributed by atoms with van der Waals surface area (Å²) in [6.07, 6.45) is 0. The smallest absolute Gasteiger partial charge is 0.143 e. The second-order valence-corrected chi connectivity index (χ2v) is 10.7. The lowest BCUT2D eigenvalue weighted by molar-refractivity contribution is 0.622. The Kier molecular flexibility index (Phi) is 4.36. The molecule has 6 aromatic carbocycles. The Morgan fingerprint density at radius 2 is 0.829 bits per heavy atom. The van der Waals surface area contributed by atoms with E-state index in [0.717, 1.165) is 77.3 Å². The van der Waals surface area contributed by atoms with Crippen LogP contribution >= 0.6 is 0 Å². The van der Waals surface area contributed by atoms with Crippen LogP contribution in [0, 0.1) is 11.6 Å². The van der Waals surface area contributed by atoms with Gasteiger partial charge in [-0.1, -0.05) is 84.9 Å². The third-order valence-corrected chi connectivity index (χ3v) is 8.71. The van der Waals surface area contributed by atoms with Crippen molar-refractivity contribution in [3.05, 3.63) is 155 Å². The largest absolute Gasteiger partial charge is 0.455 e. The molecule has 1 aliphatic carbocycles. The van der Waals surface area contributed by atoms with Crippen LogP contribution in [0.5, 0.6) is 0 Å². The molecule has 41 heavy (non-hydrogen) atoms. The Labute approximate surface area is 233 Å². The number of benzene rings is 6. The molecule has 0 atom stereocenters. The summed E-state index contributed by atoms with van der Waals surface area (Å²) in [5, 5.41) is 4.08. The average molecular weight is 535 g/mol. The molecule has 0 spiro atoms. The first-order chi connectivity index (χ1) is 20.1. The number of halogens is 2. The summed E-state index contributed by atoms with van der Waals surface area (Å²) in [6, 6.07) is 37.8. The summed E-state index contributed by atoms with van der Waals surface area (Å²) < 4.78 is 41.9. The first-order valence-corrected chi connectivity index (χ1v) is 13.6. The highest BCUT2D eigenvalue weighted by Crippen LogP contribution is 2.60. The maximum atomic E-state index is 14.3. The van der Waals surface area contributed by atoms with Gasteiger partial charge in [0.2, 0.25) is 0 Å². The van der Waals surface area contributed by atoms with Gasteiger partial charge in [0.1, 0.15) is 34.0 Å².